The van der Waals surface area contributed by atoms with Crippen LogP contribution in [0.2, 0.25) is 0 Å². The fraction of sp³-hybridized carbons (Fsp3) is 0.600. The minimum atomic E-state index is -0.664. The standard InChI is InChI=1S/C15H20BrFO/c1-14(2)3-5-15(18,6-4-14)10-11-7-12(16)9-13(17)8-11/h7-9,18H,3-6,10H2,1-2H3. The van der Waals surface area contributed by atoms with Crippen LogP contribution in [0.3, 0.4) is 0 Å². The van der Waals surface area contributed by atoms with Gasteiger partial charge in [-0.05, 0) is 54.9 Å². The minimum absolute atomic E-state index is 0.251. The van der Waals surface area contributed by atoms with E-state index < -0.39 is 5.60 Å². The van der Waals surface area contributed by atoms with Crippen LogP contribution in [0, 0.1) is 11.2 Å². The second-order valence-electron chi connectivity index (χ2n) is 6.34. The highest BCUT2D eigenvalue weighted by molar-refractivity contribution is 9.10. The Morgan fingerprint density at radius 2 is 1.78 bits per heavy atom. The van der Waals surface area contributed by atoms with Gasteiger partial charge in [0.05, 0.1) is 5.60 Å². The van der Waals surface area contributed by atoms with Gasteiger partial charge in [0.25, 0.3) is 0 Å². The summed E-state index contributed by atoms with van der Waals surface area (Å²) in [6, 6.07) is 4.85. The Kier molecular flexibility index (Phi) is 3.84. The lowest BCUT2D eigenvalue weighted by Crippen LogP contribution is -2.38. The van der Waals surface area contributed by atoms with Crippen molar-refractivity contribution in [2.75, 3.05) is 0 Å². The van der Waals surface area contributed by atoms with Crippen LogP contribution in [0.5, 0.6) is 0 Å². The Hall–Kier alpha value is -0.410. The van der Waals surface area contributed by atoms with Gasteiger partial charge in [0.2, 0.25) is 0 Å². The quantitative estimate of drug-likeness (QED) is 0.854. The first kappa shape index (κ1) is 14.0. The van der Waals surface area contributed by atoms with Gasteiger partial charge in [-0.2, -0.15) is 0 Å². The molecule has 0 atom stereocenters. The molecule has 1 aliphatic carbocycles. The van der Waals surface area contributed by atoms with Gasteiger partial charge >= 0.3 is 0 Å². The number of benzene rings is 1. The van der Waals surface area contributed by atoms with Gasteiger partial charge in [-0.25, -0.2) is 4.39 Å². The molecule has 0 unspecified atom stereocenters. The van der Waals surface area contributed by atoms with Crippen molar-refractivity contribution < 1.29 is 9.50 Å². The number of hydrogen-bond donors (Lipinski definition) is 1. The first-order chi connectivity index (χ1) is 8.28. The molecule has 0 aliphatic heterocycles. The van der Waals surface area contributed by atoms with Crippen molar-refractivity contribution in [3.05, 3.63) is 34.1 Å². The molecular weight excluding hydrogens is 295 g/mol. The zero-order valence-electron chi connectivity index (χ0n) is 11.0. The molecule has 1 fully saturated rings. The third kappa shape index (κ3) is 3.55. The molecule has 1 aromatic rings. The molecule has 2 rings (SSSR count). The monoisotopic (exact) mass is 314 g/mol. The van der Waals surface area contributed by atoms with Crippen LogP contribution in [0.4, 0.5) is 4.39 Å². The summed E-state index contributed by atoms with van der Waals surface area (Å²) in [6.45, 7) is 4.48. The van der Waals surface area contributed by atoms with E-state index in [-0.39, 0.29) is 5.82 Å². The van der Waals surface area contributed by atoms with Gasteiger partial charge in [-0.15, -0.1) is 0 Å². The van der Waals surface area contributed by atoms with Crippen LogP contribution < -0.4 is 0 Å². The molecule has 1 saturated carbocycles. The van der Waals surface area contributed by atoms with Crippen molar-refractivity contribution in [3.8, 4) is 0 Å². The van der Waals surface area contributed by atoms with Crippen LogP contribution in [0.25, 0.3) is 0 Å². The Balaban J connectivity index is 2.09. The van der Waals surface area contributed by atoms with Crippen LogP contribution >= 0.6 is 15.9 Å². The average Bonchev–Trinajstić information content (AvgIpc) is 2.22. The maximum absolute atomic E-state index is 13.3. The Morgan fingerprint density at radius 1 is 1.17 bits per heavy atom. The molecule has 0 spiro atoms. The van der Waals surface area contributed by atoms with Crippen molar-refractivity contribution in [1.29, 1.82) is 0 Å². The van der Waals surface area contributed by atoms with Crippen LogP contribution in [-0.2, 0) is 6.42 Å². The lowest BCUT2D eigenvalue weighted by atomic mass is 9.69. The fourth-order valence-electron chi connectivity index (χ4n) is 2.66. The van der Waals surface area contributed by atoms with Gasteiger partial charge in [0, 0.05) is 10.9 Å². The zero-order valence-corrected chi connectivity index (χ0v) is 12.6. The lowest BCUT2D eigenvalue weighted by Gasteiger charge is -2.40. The number of aliphatic hydroxyl groups is 1. The summed E-state index contributed by atoms with van der Waals surface area (Å²) in [5.74, 6) is -0.251. The van der Waals surface area contributed by atoms with E-state index in [4.69, 9.17) is 0 Å². The number of hydrogen-bond acceptors (Lipinski definition) is 1. The summed E-state index contributed by atoms with van der Waals surface area (Å²) in [5.41, 5.74) is 0.529. The highest BCUT2D eigenvalue weighted by Crippen LogP contribution is 2.41. The van der Waals surface area contributed by atoms with E-state index in [1.165, 1.54) is 12.1 Å². The molecule has 1 aliphatic rings. The summed E-state index contributed by atoms with van der Waals surface area (Å²) < 4.78 is 14.1. The summed E-state index contributed by atoms with van der Waals surface area (Å²) in [5, 5.41) is 10.6. The molecule has 18 heavy (non-hydrogen) atoms. The van der Waals surface area contributed by atoms with Crippen LogP contribution in [0.1, 0.15) is 45.1 Å². The molecular formula is C15H20BrFO. The first-order valence-electron chi connectivity index (χ1n) is 6.45. The smallest absolute Gasteiger partial charge is 0.124 e. The Morgan fingerprint density at radius 3 is 2.33 bits per heavy atom. The van der Waals surface area contributed by atoms with Crippen molar-refractivity contribution in [1.82, 2.24) is 0 Å². The summed E-state index contributed by atoms with van der Waals surface area (Å²) in [7, 11) is 0. The van der Waals surface area contributed by atoms with E-state index in [1.807, 2.05) is 6.07 Å². The topological polar surface area (TPSA) is 20.2 Å². The lowest BCUT2D eigenvalue weighted by molar-refractivity contribution is -0.0251. The van der Waals surface area contributed by atoms with Gasteiger partial charge < -0.3 is 5.11 Å². The second kappa shape index (κ2) is 4.93. The Bertz CT molecular complexity index is 412. The summed E-state index contributed by atoms with van der Waals surface area (Å²) in [4.78, 5) is 0. The van der Waals surface area contributed by atoms with E-state index >= 15 is 0 Å². The summed E-state index contributed by atoms with van der Waals surface area (Å²) in [6.07, 6.45) is 4.20. The third-order valence-electron chi connectivity index (χ3n) is 3.99. The molecule has 0 amide bonds. The van der Waals surface area contributed by atoms with Crippen molar-refractivity contribution in [3.63, 3.8) is 0 Å². The van der Waals surface area contributed by atoms with E-state index in [0.717, 1.165) is 35.7 Å². The van der Waals surface area contributed by atoms with E-state index in [9.17, 15) is 9.50 Å². The normalized spacial score (nSPS) is 21.8. The largest absolute Gasteiger partial charge is 0.390 e. The predicted molar refractivity (Wildman–Crippen MR) is 75.0 cm³/mol. The average molecular weight is 315 g/mol. The molecule has 0 saturated heterocycles. The van der Waals surface area contributed by atoms with Crippen molar-refractivity contribution >= 4 is 15.9 Å². The van der Waals surface area contributed by atoms with E-state index in [1.54, 1.807) is 0 Å². The maximum atomic E-state index is 13.3. The summed E-state index contributed by atoms with van der Waals surface area (Å²) >= 11 is 3.29. The number of halogens is 2. The molecule has 0 radical (unpaired) electrons. The molecule has 0 aromatic heterocycles. The fourth-order valence-corrected chi connectivity index (χ4v) is 3.17. The van der Waals surface area contributed by atoms with Gasteiger partial charge in [0.1, 0.15) is 5.82 Å². The van der Waals surface area contributed by atoms with Crippen molar-refractivity contribution in [2.45, 2.75) is 51.6 Å². The molecule has 3 heteroatoms. The molecule has 100 valence electrons. The molecule has 0 bridgehead atoms. The minimum Gasteiger partial charge on any atom is -0.390 e. The van der Waals surface area contributed by atoms with Crippen LogP contribution in [-0.4, -0.2) is 10.7 Å². The molecule has 1 aromatic carbocycles. The van der Waals surface area contributed by atoms with E-state index in [2.05, 4.69) is 29.8 Å². The molecule has 1 nitrogen and oxygen atoms in total. The first-order valence-corrected chi connectivity index (χ1v) is 7.25. The highest BCUT2D eigenvalue weighted by atomic mass is 79.9. The predicted octanol–water partition coefficient (Wildman–Crippen LogP) is 4.46. The van der Waals surface area contributed by atoms with E-state index in [0.29, 0.717) is 11.8 Å². The zero-order chi connectivity index (χ0) is 13.4. The highest BCUT2D eigenvalue weighted by Gasteiger charge is 2.36. The van der Waals surface area contributed by atoms with Crippen molar-refractivity contribution in [2.24, 2.45) is 5.41 Å². The molecule has 0 heterocycles. The number of rotatable bonds is 2. The Labute approximate surface area is 117 Å². The molecule has 1 N–H and O–H groups in total. The van der Waals surface area contributed by atoms with Gasteiger partial charge in [0.15, 0.2) is 0 Å². The SMILES string of the molecule is CC1(C)CCC(O)(Cc2cc(F)cc(Br)c2)CC1. The van der Waals surface area contributed by atoms with Gasteiger partial charge in [-0.1, -0.05) is 29.8 Å². The van der Waals surface area contributed by atoms with Gasteiger partial charge in [-0.3, -0.25) is 0 Å². The second-order valence-corrected chi connectivity index (χ2v) is 7.26. The maximum Gasteiger partial charge on any atom is 0.124 e. The third-order valence-corrected chi connectivity index (χ3v) is 4.45. The van der Waals surface area contributed by atoms with Crippen LogP contribution in [0.15, 0.2) is 22.7 Å².